The first-order chi connectivity index (χ1) is 17.9. The Labute approximate surface area is 224 Å². The van der Waals surface area contributed by atoms with E-state index < -0.39 is 9.84 Å². The smallest absolute Gasteiger partial charge is 0.252 e. The van der Waals surface area contributed by atoms with Gasteiger partial charge in [-0.15, -0.1) is 11.3 Å². The minimum absolute atomic E-state index is 0.0672. The van der Waals surface area contributed by atoms with Crippen molar-refractivity contribution in [2.75, 3.05) is 11.5 Å². The molecule has 2 aliphatic rings. The zero-order valence-electron chi connectivity index (χ0n) is 21.7. The maximum atomic E-state index is 13.8. The van der Waals surface area contributed by atoms with Crippen LogP contribution < -0.4 is 5.32 Å². The first-order valence-corrected chi connectivity index (χ1v) is 16.6. The number of rotatable bonds is 4. The van der Waals surface area contributed by atoms with Crippen LogP contribution in [0, 0.1) is 6.92 Å². The van der Waals surface area contributed by atoms with Gasteiger partial charge in [-0.05, 0) is 43.7 Å². The summed E-state index contributed by atoms with van der Waals surface area (Å²) < 4.78 is 26.2. The van der Waals surface area contributed by atoms with Gasteiger partial charge in [-0.2, -0.15) is 5.10 Å². The second-order valence-electron chi connectivity index (χ2n) is 10.7. The van der Waals surface area contributed by atoms with Crippen molar-refractivity contribution in [3.8, 4) is 10.6 Å². The second kappa shape index (κ2) is 11.6. The molecule has 4 heterocycles. The van der Waals surface area contributed by atoms with Crippen LogP contribution in [0.5, 0.6) is 0 Å². The van der Waals surface area contributed by atoms with Crippen molar-refractivity contribution in [3.05, 3.63) is 34.8 Å². The number of amides is 1. The normalized spacial score (nSPS) is 21.9. The second-order valence-corrected chi connectivity index (χ2v) is 13.9. The lowest BCUT2D eigenvalue weighted by Crippen LogP contribution is -2.35. The molecule has 7 nitrogen and oxygen atoms in total. The number of thiophene rings is 1. The fourth-order valence-electron chi connectivity index (χ4n) is 5.84. The first kappa shape index (κ1) is 26.4. The molecule has 37 heavy (non-hydrogen) atoms. The van der Waals surface area contributed by atoms with E-state index in [0.717, 1.165) is 41.6 Å². The van der Waals surface area contributed by atoms with Crippen molar-refractivity contribution in [2.45, 2.75) is 96.1 Å². The van der Waals surface area contributed by atoms with Crippen LogP contribution in [0.2, 0.25) is 0 Å². The maximum Gasteiger partial charge on any atom is 0.252 e. The van der Waals surface area contributed by atoms with Crippen LogP contribution in [0.3, 0.4) is 0 Å². The summed E-state index contributed by atoms with van der Waals surface area (Å²) in [4.78, 5) is 19.7. The third-order valence-corrected chi connectivity index (χ3v) is 10.5. The minimum Gasteiger partial charge on any atom is -0.349 e. The molecular formula is C28H38N4O3S2. The van der Waals surface area contributed by atoms with E-state index in [1.807, 2.05) is 30.5 Å². The molecule has 9 heteroatoms. The summed E-state index contributed by atoms with van der Waals surface area (Å²) in [5.41, 5.74) is 2.64. The highest BCUT2D eigenvalue weighted by Gasteiger charge is 2.32. The number of carbonyl (C=O) groups is 1. The number of pyridine rings is 1. The fraction of sp³-hybridized carbons (Fsp3) is 0.607. The largest absolute Gasteiger partial charge is 0.349 e. The molecule has 1 aliphatic carbocycles. The summed E-state index contributed by atoms with van der Waals surface area (Å²) >= 11 is 1.58. The Morgan fingerprint density at radius 3 is 2.30 bits per heavy atom. The molecule has 3 aromatic heterocycles. The monoisotopic (exact) mass is 542 g/mol. The molecule has 1 saturated carbocycles. The van der Waals surface area contributed by atoms with Gasteiger partial charge in [0.05, 0.1) is 44.8 Å². The zero-order valence-corrected chi connectivity index (χ0v) is 23.4. The van der Waals surface area contributed by atoms with Crippen molar-refractivity contribution in [1.29, 1.82) is 0 Å². The third-order valence-electron chi connectivity index (χ3n) is 7.85. The van der Waals surface area contributed by atoms with E-state index in [1.165, 1.54) is 44.9 Å². The number of hydrogen-bond acceptors (Lipinski definition) is 6. The van der Waals surface area contributed by atoms with E-state index >= 15 is 0 Å². The van der Waals surface area contributed by atoms with Crippen LogP contribution in [0.25, 0.3) is 21.6 Å². The molecule has 0 spiro atoms. The van der Waals surface area contributed by atoms with Gasteiger partial charge in [0.15, 0.2) is 15.5 Å². The summed E-state index contributed by atoms with van der Waals surface area (Å²) in [6.07, 6.45) is 13.8. The number of carbonyl (C=O) groups excluding carboxylic acids is 1. The number of nitrogens with one attached hydrogen (secondary N) is 1. The summed E-state index contributed by atoms with van der Waals surface area (Å²) in [7, 11) is -3.08. The van der Waals surface area contributed by atoms with Gasteiger partial charge in [0.1, 0.15) is 0 Å². The molecule has 0 radical (unpaired) electrons. The number of fused-ring (bicyclic) bond motifs is 1. The molecular weight excluding hydrogens is 504 g/mol. The summed E-state index contributed by atoms with van der Waals surface area (Å²) in [5.74, 6) is 0.152. The summed E-state index contributed by atoms with van der Waals surface area (Å²) in [6.45, 7) is 1.89. The van der Waals surface area contributed by atoms with Crippen LogP contribution >= 0.6 is 11.3 Å². The van der Waals surface area contributed by atoms with E-state index in [9.17, 15) is 13.2 Å². The lowest BCUT2D eigenvalue weighted by Gasteiger charge is -2.20. The highest BCUT2D eigenvalue weighted by atomic mass is 32.2. The molecule has 0 aromatic carbocycles. The van der Waals surface area contributed by atoms with Gasteiger partial charge in [-0.3, -0.25) is 4.79 Å². The highest BCUT2D eigenvalue weighted by molar-refractivity contribution is 7.91. The predicted octanol–water partition coefficient (Wildman–Crippen LogP) is 6.23. The van der Waals surface area contributed by atoms with Crippen molar-refractivity contribution in [3.63, 3.8) is 0 Å². The van der Waals surface area contributed by atoms with E-state index in [4.69, 9.17) is 10.1 Å². The van der Waals surface area contributed by atoms with Crippen LogP contribution in [-0.4, -0.2) is 46.6 Å². The van der Waals surface area contributed by atoms with Gasteiger partial charge < -0.3 is 5.32 Å². The average Bonchev–Trinajstić information content (AvgIpc) is 3.59. The van der Waals surface area contributed by atoms with Crippen LogP contribution in [-0.2, 0) is 9.84 Å². The summed E-state index contributed by atoms with van der Waals surface area (Å²) in [5, 5.41) is 10.8. The zero-order chi connectivity index (χ0) is 25.8. The van der Waals surface area contributed by atoms with Crippen molar-refractivity contribution < 1.29 is 13.2 Å². The van der Waals surface area contributed by atoms with Crippen molar-refractivity contribution >= 4 is 38.1 Å². The van der Waals surface area contributed by atoms with Crippen molar-refractivity contribution in [2.24, 2.45) is 0 Å². The quantitative estimate of drug-likeness (QED) is 0.422. The minimum atomic E-state index is -3.08. The molecule has 0 bridgehead atoms. The molecule has 5 rings (SSSR count). The average molecular weight is 543 g/mol. The van der Waals surface area contributed by atoms with E-state index in [-0.39, 0.29) is 29.5 Å². The molecule has 2 fully saturated rings. The number of aromatic nitrogens is 3. The molecule has 1 atom stereocenters. The topological polar surface area (TPSA) is 93.9 Å². The number of hydrogen-bond donors (Lipinski definition) is 1. The maximum absolute atomic E-state index is 13.8. The van der Waals surface area contributed by atoms with E-state index in [0.29, 0.717) is 23.3 Å². The number of aryl methyl sites for hydroxylation is 1. The molecule has 1 amide bonds. The van der Waals surface area contributed by atoms with Gasteiger partial charge >= 0.3 is 0 Å². The van der Waals surface area contributed by atoms with E-state index in [1.54, 1.807) is 16.0 Å². The van der Waals surface area contributed by atoms with Crippen LogP contribution in [0.1, 0.15) is 99.1 Å². The Bertz CT molecular complexity index is 1320. The fourth-order valence-corrected chi connectivity index (χ4v) is 8.21. The standard InChI is InChI=1S/C28H38N4O3S2/c1-20-26-23(28(33)29-21-12-9-7-5-3-2-4-6-8-10-13-21)18-24(25-14-11-16-36-25)30-27(26)32(31-20)22-15-17-37(34,35)19-22/h11,14,16,18,21-22H,2-10,12-13,15,17,19H2,1H3,(H,29,33). The van der Waals surface area contributed by atoms with Crippen LogP contribution in [0.15, 0.2) is 23.6 Å². The molecule has 3 aromatic rings. The lowest BCUT2D eigenvalue weighted by atomic mass is 9.97. The summed E-state index contributed by atoms with van der Waals surface area (Å²) in [6, 6.07) is 5.78. The Morgan fingerprint density at radius 1 is 1.03 bits per heavy atom. The molecule has 200 valence electrons. The predicted molar refractivity (Wildman–Crippen MR) is 150 cm³/mol. The highest BCUT2D eigenvalue weighted by Crippen LogP contribution is 2.33. The van der Waals surface area contributed by atoms with Crippen molar-refractivity contribution in [1.82, 2.24) is 20.1 Å². The number of nitrogens with zero attached hydrogens (tertiary/aromatic N) is 3. The Balaban J connectivity index is 1.48. The lowest BCUT2D eigenvalue weighted by molar-refractivity contribution is 0.0933. The molecule has 1 unspecified atom stereocenters. The van der Waals surface area contributed by atoms with Gasteiger partial charge in [-0.1, -0.05) is 63.9 Å². The Morgan fingerprint density at radius 2 is 1.70 bits per heavy atom. The third kappa shape index (κ3) is 6.25. The van der Waals surface area contributed by atoms with Gasteiger partial charge in [0.2, 0.25) is 0 Å². The number of sulfone groups is 1. The molecule has 1 saturated heterocycles. The Hall–Kier alpha value is -2.26. The van der Waals surface area contributed by atoms with Gasteiger partial charge in [0, 0.05) is 6.04 Å². The Kier molecular flexibility index (Phi) is 8.29. The molecule has 1 aliphatic heterocycles. The van der Waals surface area contributed by atoms with Gasteiger partial charge in [0.25, 0.3) is 5.91 Å². The van der Waals surface area contributed by atoms with Gasteiger partial charge in [-0.25, -0.2) is 18.1 Å². The van der Waals surface area contributed by atoms with E-state index in [2.05, 4.69) is 5.32 Å². The SMILES string of the molecule is Cc1nn(C2CCS(=O)(=O)C2)c2nc(-c3cccs3)cc(C(=O)NC3CCCCCCCCCCC3)c12. The molecule has 1 N–H and O–H groups in total. The first-order valence-electron chi connectivity index (χ1n) is 13.9. The van der Waals surface area contributed by atoms with Crippen LogP contribution in [0.4, 0.5) is 0 Å².